The summed E-state index contributed by atoms with van der Waals surface area (Å²) in [6.07, 6.45) is 3.25. The van der Waals surface area contributed by atoms with Crippen molar-refractivity contribution < 1.29 is 9.18 Å². The molecule has 0 bridgehead atoms. The Bertz CT molecular complexity index is 477. The zero-order valence-electron chi connectivity index (χ0n) is 11.3. The number of halogens is 1. The SMILES string of the molecule is CCC1CCC(NC(=O)c2cc(S)ccc2F)C1C. The number of thiol groups is 1. The van der Waals surface area contributed by atoms with Crippen LogP contribution in [0.15, 0.2) is 23.1 Å². The van der Waals surface area contributed by atoms with Gasteiger partial charge in [-0.3, -0.25) is 4.79 Å². The van der Waals surface area contributed by atoms with Crippen molar-refractivity contribution in [3.8, 4) is 0 Å². The molecule has 0 saturated heterocycles. The summed E-state index contributed by atoms with van der Waals surface area (Å²) < 4.78 is 13.6. The van der Waals surface area contributed by atoms with E-state index >= 15 is 0 Å². The molecule has 19 heavy (non-hydrogen) atoms. The van der Waals surface area contributed by atoms with Crippen LogP contribution in [0.4, 0.5) is 4.39 Å². The molecule has 1 aliphatic rings. The maximum atomic E-state index is 13.6. The molecule has 1 aliphatic carbocycles. The lowest BCUT2D eigenvalue weighted by Gasteiger charge is -2.21. The van der Waals surface area contributed by atoms with Crippen LogP contribution in [0, 0.1) is 17.7 Å². The summed E-state index contributed by atoms with van der Waals surface area (Å²) in [5.74, 6) is 0.289. The molecule has 2 rings (SSSR count). The summed E-state index contributed by atoms with van der Waals surface area (Å²) in [4.78, 5) is 12.7. The van der Waals surface area contributed by atoms with Crippen LogP contribution >= 0.6 is 12.6 Å². The van der Waals surface area contributed by atoms with Crippen LogP contribution in [0.2, 0.25) is 0 Å². The van der Waals surface area contributed by atoms with Crippen LogP contribution in [0.1, 0.15) is 43.5 Å². The molecule has 104 valence electrons. The normalized spacial score (nSPS) is 26.4. The van der Waals surface area contributed by atoms with E-state index < -0.39 is 5.82 Å². The van der Waals surface area contributed by atoms with E-state index in [0.717, 1.165) is 19.3 Å². The van der Waals surface area contributed by atoms with Crippen LogP contribution in [-0.4, -0.2) is 11.9 Å². The molecule has 0 aliphatic heterocycles. The van der Waals surface area contributed by atoms with Gasteiger partial charge in [-0.25, -0.2) is 4.39 Å². The van der Waals surface area contributed by atoms with Crippen molar-refractivity contribution >= 4 is 18.5 Å². The Kier molecular flexibility index (Phi) is 4.50. The summed E-state index contributed by atoms with van der Waals surface area (Å²) in [5.41, 5.74) is 0.0830. The third kappa shape index (κ3) is 3.11. The van der Waals surface area contributed by atoms with Gasteiger partial charge in [-0.15, -0.1) is 12.6 Å². The molecule has 3 unspecified atom stereocenters. The Labute approximate surface area is 119 Å². The van der Waals surface area contributed by atoms with E-state index in [-0.39, 0.29) is 17.5 Å². The Morgan fingerprint density at radius 3 is 2.84 bits per heavy atom. The van der Waals surface area contributed by atoms with Crippen molar-refractivity contribution in [2.75, 3.05) is 0 Å². The number of carbonyl (C=O) groups excluding carboxylic acids is 1. The molecule has 0 spiro atoms. The largest absolute Gasteiger partial charge is 0.349 e. The minimum absolute atomic E-state index is 0.0830. The highest BCUT2D eigenvalue weighted by Crippen LogP contribution is 2.34. The quantitative estimate of drug-likeness (QED) is 0.813. The standard InChI is InChI=1S/C15H20FNOS/c1-3-10-4-7-14(9(10)2)17-15(18)12-8-11(19)5-6-13(12)16/h5-6,8-10,14,19H,3-4,7H2,1-2H3,(H,17,18). The van der Waals surface area contributed by atoms with Gasteiger partial charge < -0.3 is 5.32 Å². The molecule has 0 heterocycles. The minimum atomic E-state index is -0.493. The second kappa shape index (κ2) is 5.95. The number of hydrogen-bond donors (Lipinski definition) is 2. The van der Waals surface area contributed by atoms with Crippen molar-refractivity contribution in [3.63, 3.8) is 0 Å². The maximum absolute atomic E-state index is 13.6. The lowest BCUT2D eigenvalue weighted by atomic mass is 9.93. The monoisotopic (exact) mass is 281 g/mol. The van der Waals surface area contributed by atoms with E-state index in [2.05, 4.69) is 31.8 Å². The summed E-state index contributed by atoms with van der Waals surface area (Å²) in [6.45, 7) is 4.34. The number of hydrogen-bond acceptors (Lipinski definition) is 2. The van der Waals surface area contributed by atoms with Crippen molar-refractivity contribution in [2.45, 2.75) is 44.0 Å². The highest BCUT2D eigenvalue weighted by Gasteiger charge is 2.32. The van der Waals surface area contributed by atoms with Crippen LogP contribution in [0.25, 0.3) is 0 Å². The zero-order chi connectivity index (χ0) is 14.0. The fraction of sp³-hybridized carbons (Fsp3) is 0.533. The summed E-state index contributed by atoms with van der Waals surface area (Å²) >= 11 is 4.15. The van der Waals surface area contributed by atoms with Gasteiger partial charge in [0.25, 0.3) is 5.91 Å². The van der Waals surface area contributed by atoms with Crippen molar-refractivity contribution in [1.29, 1.82) is 0 Å². The van der Waals surface area contributed by atoms with Gasteiger partial charge in [0.15, 0.2) is 0 Å². The van der Waals surface area contributed by atoms with Crippen LogP contribution < -0.4 is 5.32 Å². The first-order valence-electron chi connectivity index (χ1n) is 6.82. The Morgan fingerprint density at radius 1 is 1.47 bits per heavy atom. The van der Waals surface area contributed by atoms with Crippen LogP contribution in [0.5, 0.6) is 0 Å². The lowest BCUT2D eigenvalue weighted by Crippen LogP contribution is -2.37. The average molecular weight is 281 g/mol. The van der Waals surface area contributed by atoms with Crippen molar-refractivity contribution in [3.05, 3.63) is 29.6 Å². The number of nitrogens with one attached hydrogen (secondary N) is 1. The molecule has 0 aromatic heterocycles. The summed E-state index contributed by atoms with van der Waals surface area (Å²) in [7, 11) is 0. The molecule has 3 atom stereocenters. The minimum Gasteiger partial charge on any atom is -0.349 e. The van der Waals surface area contributed by atoms with Gasteiger partial charge in [-0.05, 0) is 42.9 Å². The average Bonchev–Trinajstić information content (AvgIpc) is 2.73. The van der Waals surface area contributed by atoms with E-state index in [1.807, 2.05) is 0 Å². The van der Waals surface area contributed by atoms with Gasteiger partial charge in [-0.2, -0.15) is 0 Å². The predicted octanol–water partition coefficient (Wildman–Crippen LogP) is 3.67. The molecule has 1 amide bonds. The number of benzene rings is 1. The molecular formula is C15H20FNOS. The topological polar surface area (TPSA) is 29.1 Å². The van der Waals surface area contributed by atoms with Gasteiger partial charge >= 0.3 is 0 Å². The smallest absolute Gasteiger partial charge is 0.254 e. The number of carbonyl (C=O) groups is 1. The molecule has 1 fully saturated rings. The predicted molar refractivity (Wildman–Crippen MR) is 77.1 cm³/mol. The highest BCUT2D eigenvalue weighted by molar-refractivity contribution is 7.80. The van der Waals surface area contributed by atoms with Crippen LogP contribution in [-0.2, 0) is 0 Å². The third-order valence-electron chi connectivity index (χ3n) is 4.26. The van der Waals surface area contributed by atoms with E-state index in [1.165, 1.54) is 12.1 Å². The molecule has 1 N–H and O–H groups in total. The van der Waals surface area contributed by atoms with Crippen molar-refractivity contribution in [1.82, 2.24) is 5.32 Å². The van der Waals surface area contributed by atoms with E-state index in [1.54, 1.807) is 6.07 Å². The first-order valence-corrected chi connectivity index (χ1v) is 7.27. The highest BCUT2D eigenvalue weighted by atomic mass is 32.1. The molecule has 2 nitrogen and oxygen atoms in total. The molecule has 4 heteroatoms. The van der Waals surface area contributed by atoms with E-state index in [0.29, 0.717) is 16.7 Å². The zero-order valence-corrected chi connectivity index (χ0v) is 12.2. The van der Waals surface area contributed by atoms with Gasteiger partial charge in [0.2, 0.25) is 0 Å². The van der Waals surface area contributed by atoms with Crippen molar-refractivity contribution in [2.24, 2.45) is 11.8 Å². The number of amides is 1. The second-order valence-electron chi connectivity index (χ2n) is 5.35. The molecule has 1 saturated carbocycles. The first-order chi connectivity index (χ1) is 9.02. The van der Waals surface area contributed by atoms with Gasteiger partial charge in [0.1, 0.15) is 5.82 Å². The molecule has 0 radical (unpaired) electrons. The first kappa shape index (κ1) is 14.4. The van der Waals surface area contributed by atoms with E-state index in [9.17, 15) is 9.18 Å². The van der Waals surface area contributed by atoms with Gasteiger partial charge in [0, 0.05) is 10.9 Å². The lowest BCUT2D eigenvalue weighted by molar-refractivity contribution is 0.0922. The Balaban J connectivity index is 2.07. The van der Waals surface area contributed by atoms with E-state index in [4.69, 9.17) is 0 Å². The fourth-order valence-corrected chi connectivity index (χ4v) is 3.16. The summed E-state index contributed by atoms with van der Waals surface area (Å²) in [6, 6.07) is 4.45. The molecular weight excluding hydrogens is 261 g/mol. The summed E-state index contributed by atoms with van der Waals surface area (Å²) in [5, 5.41) is 2.96. The molecule has 1 aromatic carbocycles. The number of rotatable bonds is 3. The maximum Gasteiger partial charge on any atom is 0.254 e. The van der Waals surface area contributed by atoms with Gasteiger partial charge in [-0.1, -0.05) is 20.3 Å². The van der Waals surface area contributed by atoms with Gasteiger partial charge in [0.05, 0.1) is 5.56 Å². The van der Waals surface area contributed by atoms with Crippen LogP contribution in [0.3, 0.4) is 0 Å². The third-order valence-corrected chi connectivity index (χ3v) is 4.54. The molecule has 1 aromatic rings. The fourth-order valence-electron chi connectivity index (χ4n) is 2.96. The second-order valence-corrected chi connectivity index (χ2v) is 5.87. The Morgan fingerprint density at radius 2 is 2.21 bits per heavy atom. The Hall–Kier alpha value is -1.03.